The number of carbonyl (C=O) groups excluding carboxylic acids is 3. The van der Waals surface area contributed by atoms with Gasteiger partial charge in [0, 0.05) is 15.7 Å². The zero-order valence-corrected chi connectivity index (χ0v) is 18.7. The number of halogens is 1. The molecule has 1 aliphatic rings. The molecule has 0 saturated carbocycles. The van der Waals surface area contributed by atoms with Gasteiger partial charge in [0.15, 0.2) is 6.61 Å². The van der Waals surface area contributed by atoms with Crippen molar-refractivity contribution in [1.82, 2.24) is 4.90 Å². The van der Waals surface area contributed by atoms with E-state index in [4.69, 9.17) is 9.84 Å². The maximum absolute atomic E-state index is 12.7. The van der Waals surface area contributed by atoms with Crippen molar-refractivity contribution in [1.29, 1.82) is 0 Å². The van der Waals surface area contributed by atoms with Gasteiger partial charge in [0.2, 0.25) is 5.91 Å². The Hall–Kier alpha value is -3.11. The summed E-state index contributed by atoms with van der Waals surface area (Å²) in [4.78, 5) is 49.2. The van der Waals surface area contributed by atoms with Crippen molar-refractivity contribution < 1.29 is 29.0 Å². The third-order valence-corrected chi connectivity index (χ3v) is 5.60. The van der Waals surface area contributed by atoms with Crippen LogP contribution in [0.3, 0.4) is 0 Å². The number of rotatable bonds is 7. The molecule has 8 nitrogen and oxygen atoms in total. The van der Waals surface area contributed by atoms with Crippen LogP contribution in [0.25, 0.3) is 6.08 Å². The van der Waals surface area contributed by atoms with Crippen molar-refractivity contribution in [2.75, 3.05) is 18.5 Å². The van der Waals surface area contributed by atoms with Gasteiger partial charge in [0.05, 0.1) is 4.91 Å². The summed E-state index contributed by atoms with van der Waals surface area (Å²) in [5.41, 5.74) is 1.88. The third kappa shape index (κ3) is 5.74. The quantitative estimate of drug-likeness (QED) is 0.549. The molecule has 1 aliphatic heterocycles. The number of anilines is 1. The third-order valence-electron chi connectivity index (χ3n) is 4.20. The van der Waals surface area contributed by atoms with E-state index in [0.717, 1.165) is 10.5 Å². The molecule has 1 heterocycles. The number of carbonyl (C=O) groups is 4. The molecule has 0 radical (unpaired) electrons. The molecule has 160 valence electrons. The highest BCUT2D eigenvalue weighted by molar-refractivity contribution is 9.10. The fraction of sp³-hybridized carbons (Fsp3) is 0.143. The predicted molar refractivity (Wildman–Crippen MR) is 120 cm³/mol. The molecular weight excluding hydrogens is 488 g/mol. The van der Waals surface area contributed by atoms with Crippen LogP contribution < -0.4 is 10.1 Å². The number of amides is 3. The van der Waals surface area contributed by atoms with Crippen LogP contribution in [-0.2, 0) is 14.4 Å². The summed E-state index contributed by atoms with van der Waals surface area (Å²) in [6.07, 6.45) is 1.44. The summed E-state index contributed by atoms with van der Waals surface area (Å²) in [5, 5.41) is 10.9. The number of nitrogens with zero attached hydrogens (tertiary/aromatic N) is 1. The molecular formula is C21H17BrN2O6S. The topological polar surface area (TPSA) is 113 Å². The van der Waals surface area contributed by atoms with Gasteiger partial charge in [-0.15, -0.1) is 0 Å². The molecule has 2 N–H and O–H groups in total. The first-order valence-corrected chi connectivity index (χ1v) is 10.6. The van der Waals surface area contributed by atoms with Crippen LogP contribution in [-0.4, -0.2) is 46.2 Å². The number of carboxylic acids is 1. The first-order chi connectivity index (χ1) is 14.7. The monoisotopic (exact) mass is 504 g/mol. The van der Waals surface area contributed by atoms with Crippen LogP contribution in [0.1, 0.15) is 11.1 Å². The number of hydrogen-bond acceptors (Lipinski definition) is 6. The average molecular weight is 505 g/mol. The summed E-state index contributed by atoms with van der Waals surface area (Å²) >= 11 is 4.01. The predicted octanol–water partition coefficient (Wildman–Crippen LogP) is 3.90. The molecule has 0 bridgehead atoms. The lowest BCUT2D eigenvalue weighted by Crippen LogP contribution is -2.36. The Balaban J connectivity index is 1.76. The highest BCUT2D eigenvalue weighted by atomic mass is 79.9. The van der Waals surface area contributed by atoms with Gasteiger partial charge in [-0.2, -0.15) is 0 Å². The van der Waals surface area contributed by atoms with Gasteiger partial charge in [0.1, 0.15) is 12.3 Å². The van der Waals surface area contributed by atoms with Gasteiger partial charge >= 0.3 is 5.97 Å². The maximum Gasteiger partial charge on any atom is 0.341 e. The number of imide groups is 1. The summed E-state index contributed by atoms with van der Waals surface area (Å²) in [6.45, 7) is 0.862. The number of carboxylic acid groups (broad SMARTS) is 1. The highest BCUT2D eigenvalue weighted by Crippen LogP contribution is 2.34. The number of thioether (sulfide) groups is 1. The average Bonchev–Trinajstić information content (AvgIpc) is 2.96. The normalized spacial score (nSPS) is 14.8. The molecule has 2 aromatic carbocycles. The van der Waals surface area contributed by atoms with E-state index in [1.807, 2.05) is 19.1 Å². The van der Waals surface area contributed by atoms with Crippen LogP contribution in [0.15, 0.2) is 51.8 Å². The number of hydrogen-bond donors (Lipinski definition) is 2. The minimum Gasteiger partial charge on any atom is -0.481 e. The van der Waals surface area contributed by atoms with Crippen LogP contribution in [0.5, 0.6) is 5.75 Å². The largest absolute Gasteiger partial charge is 0.481 e. The van der Waals surface area contributed by atoms with E-state index in [0.29, 0.717) is 27.5 Å². The number of benzene rings is 2. The van der Waals surface area contributed by atoms with Gasteiger partial charge < -0.3 is 15.2 Å². The molecule has 10 heteroatoms. The van der Waals surface area contributed by atoms with E-state index in [1.165, 1.54) is 6.08 Å². The fourth-order valence-corrected chi connectivity index (χ4v) is 3.94. The Bertz CT molecular complexity index is 1100. The molecule has 3 amide bonds. The van der Waals surface area contributed by atoms with Gasteiger partial charge in [0.25, 0.3) is 11.1 Å². The second kappa shape index (κ2) is 9.80. The van der Waals surface area contributed by atoms with Crippen molar-refractivity contribution in [2.45, 2.75) is 6.92 Å². The van der Waals surface area contributed by atoms with Crippen LogP contribution in [0.4, 0.5) is 10.5 Å². The zero-order chi connectivity index (χ0) is 22.5. The van der Waals surface area contributed by atoms with Crippen molar-refractivity contribution in [3.63, 3.8) is 0 Å². The van der Waals surface area contributed by atoms with E-state index in [2.05, 4.69) is 21.2 Å². The van der Waals surface area contributed by atoms with Crippen LogP contribution >= 0.6 is 27.7 Å². The second-order valence-corrected chi connectivity index (χ2v) is 8.40. The summed E-state index contributed by atoms with van der Waals surface area (Å²) in [5.74, 6) is -2.01. The number of para-hydroxylation sites is 1. The minimum atomic E-state index is -1.14. The van der Waals surface area contributed by atoms with E-state index >= 15 is 0 Å². The molecule has 0 aromatic heterocycles. The molecule has 2 aromatic rings. The Kier molecular flexibility index (Phi) is 7.13. The molecule has 1 saturated heterocycles. The zero-order valence-electron chi connectivity index (χ0n) is 16.3. The number of nitrogens with one attached hydrogen (secondary N) is 1. The highest BCUT2D eigenvalue weighted by Gasteiger charge is 2.36. The Morgan fingerprint density at radius 2 is 1.97 bits per heavy atom. The Morgan fingerprint density at radius 3 is 2.68 bits per heavy atom. The number of aliphatic carboxylic acids is 1. The lowest BCUT2D eigenvalue weighted by Gasteiger charge is -2.13. The van der Waals surface area contributed by atoms with Gasteiger partial charge in [-0.25, -0.2) is 4.79 Å². The fourth-order valence-electron chi connectivity index (χ4n) is 2.73. The molecule has 3 rings (SSSR count). The lowest BCUT2D eigenvalue weighted by molar-refractivity contribution is -0.139. The SMILES string of the molecule is Cc1ccccc1NC(=O)CN1C(=O)SC(=Cc2cc(Br)ccc2OCC(=O)O)C1=O. The minimum absolute atomic E-state index is 0.104. The Labute approximate surface area is 190 Å². The number of ether oxygens (including phenoxy) is 1. The summed E-state index contributed by atoms with van der Waals surface area (Å²) in [6, 6.07) is 12.0. The molecule has 0 atom stereocenters. The van der Waals surface area contributed by atoms with E-state index in [-0.39, 0.29) is 10.7 Å². The van der Waals surface area contributed by atoms with Crippen molar-refractivity contribution in [3.8, 4) is 5.75 Å². The molecule has 0 aliphatic carbocycles. The summed E-state index contributed by atoms with van der Waals surface area (Å²) < 4.78 is 5.93. The first kappa shape index (κ1) is 22.6. The smallest absolute Gasteiger partial charge is 0.341 e. The maximum atomic E-state index is 12.7. The van der Waals surface area contributed by atoms with Gasteiger partial charge in [-0.3, -0.25) is 19.3 Å². The van der Waals surface area contributed by atoms with Crippen LogP contribution in [0.2, 0.25) is 0 Å². The van der Waals surface area contributed by atoms with E-state index < -0.39 is 36.2 Å². The summed E-state index contributed by atoms with van der Waals surface area (Å²) in [7, 11) is 0. The van der Waals surface area contributed by atoms with E-state index in [9.17, 15) is 19.2 Å². The molecule has 0 spiro atoms. The standard InChI is InChI=1S/C21H17BrN2O6S/c1-12-4-2-3-5-15(12)23-18(25)10-24-20(28)17(31-21(24)29)9-13-8-14(22)6-7-16(13)30-11-19(26)27/h2-9H,10-11H2,1H3,(H,23,25)(H,26,27). The first-order valence-electron chi connectivity index (χ1n) is 8.99. The second-order valence-electron chi connectivity index (χ2n) is 6.50. The molecule has 1 fully saturated rings. The van der Waals surface area contributed by atoms with E-state index in [1.54, 1.807) is 30.3 Å². The van der Waals surface area contributed by atoms with Crippen LogP contribution in [0, 0.1) is 6.92 Å². The lowest BCUT2D eigenvalue weighted by atomic mass is 10.2. The van der Waals surface area contributed by atoms with Crippen molar-refractivity contribution >= 4 is 62.5 Å². The van der Waals surface area contributed by atoms with Gasteiger partial charge in [-0.05, 0) is 54.6 Å². The van der Waals surface area contributed by atoms with Gasteiger partial charge in [-0.1, -0.05) is 34.1 Å². The molecule has 31 heavy (non-hydrogen) atoms. The van der Waals surface area contributed by atoms with Crippen molar-refractivity contribution in [3.05, 3.63) is 63.0 Å². The molecule has 0 unspecified atom stereocenters. The van der Waals surface area contributed by atoms with Crippen molar-refractivity contribution in [2.24, 2.45) is 0 Å². The Morgan fingerprint density at radius 1 is 1.23 bits per heavy atom. The number of aryl methyl sites for hydroxylation is 1.